The van der Waals surface area contributed by atoms with Crippen LogP contribution in [0, 0.1) is 12.7 Å². The molecule has 2 heterocycles. The van der Waals surface area contributed by atoms with Gasteiger partial charge in [-0.1, -0.05) is 19.4 Å². The molecule has 0 fully saturated rings. The third-order valence-corrected chi connectivity index (χ3v) is 6.98. The average Bonchev–Trinajstić information content (AvgIpc) is 3.33. The number of rotatable bonds is 10. The number of unbranched alkanes of at least 4 members (excludes halogenated alkanes) is 1. The van der Waals surface area contributed by atoms with Crippen LogP contribution in [0.1, 0.15) is 43.4 Å². The normalized spacial score (nSPS) is 11.9. The first-order chi connectivity index (χ1) is 16.9. The molecule has 8 heteroatoms. The molecule has 2 aromatic heterocycles. The molecule has 0 amide bonds. The van der Waals surface area contributed by atoms with Gasteiger partial charge in [0.15, 0.2) is 11.5 Å². The van der Waals surface area contributed by atoms with Gasteiger partial charge in [-0.3, -0.25) is 0 Å². The van der Waals surface area contributed by atoms with Crippen LogP contribution in [0.4, 0.5) is 10.2 Å². The highest BCUT2D eigenvalue weighted by molar-refractivity contribution is 7.15. The van der Waals surface area contributed by atoms with Crippen molar-refractivity contribution in [3.8, 4) is 27.7 Å². The second-order valence-corrected chi connectivity index (χ2v) is 9.34. The lowest BCUT2D eigenvalue weighted by atomic mass is 10.1. The Morgan fingerprint density at radius 2 is 1.80 bits per heavy atom. The van der Waals surface area contributed by atoms with Crippen molar-refractivity contribution in [3.63, 3.8) is 0 Å². The van der Waals surface area contributed by atoms with Crippen LogP contribution in [-0.2, 0) is 0 Å². The van der Waals surface area contributed by atoms with Gasteiger partial charge >= 0.3 is 0 Å². The van der Waals surface area contributed by atoms with Gasteiger partial charge in [0.05, 0.1) is 37.9 Å². The predicted molar refractivity (Wildman–Crippen MR) is 140 cm³/mol. The fourth-order valence-electron chi connectivity index (χ4n) is 3.87. The Labute approximate surface area is 209 Å². The molecule has 0 aliphatic rings. The Morgan fingerprint density at radius 1 is 1.03 bits per heavy atom. The van der Waals surface area contributed by atoms with Crippen molar-refractivity contribution in [3.05, 3.63) is 59.0 Å². The van der Waals surface area contributed by atoms with Gasteiger partial charge in [-0.15, -0.1) is 11.3 Å². The molecule has 1 atom stereocenters. The standard InChI is InChI=1S/C27H30FN3O3S/c1-6-7-13-34-21-10-8-9-19(28)26(21)25-12-11-24(35-25)16(2)29-27-18-14-22(32-4)23(33-5)15-20(18)30-17(3)31-27/h8-12,14-16H,6-7,13H2,1-5H3,(H,29,30,31). The number of anilines is 1. The molecule has 6 nitrogen and oxygen atoms in total. The van der Waals surface area contributed by atoms with E-state index in [1.807, 2.05) is 37.3 Å². The van der Waals surface area contributed by atoms with Crippen molar-refractivity contribution in [2.75, 3.05) is 26.1 Å². The minimum atomic E-state index is -0.286. The van der Waals surface area contributed by atoms with Crippen LogP contribution in [0.25, 0.3) is 21.3 Å². The van der Waals surface area contributed by atoms with E-state index in [0.717, 1.165) is 33.5 Å². The first-order valence-electron chi connectivity index (χ1n) is 11.6. The van der Waals surface area contributed by atoms with Crippen LogP contribution in [0.15, 0.2) is 42.5 Å². The molecule has 0 aliphatic heterocycles. The summed E-state index contributed by atoms with van der Waals surface area (Å²) in [6.45, 7) is 6.58. The Kier molecular flexibility index (Phi) is 7.70. The van der Waals surface area contributed by atoms with Crippen LogP contribution >= 0.6 is 11.3 Å². The molecule has 1 N–H and O–H groups in total. The van der Waals surface area contributed by atoms with Gasteiger partial charge in [-0.25, -0.2) is 14.4 Å². The molecule has 0 saturated carbocycles. The number of methoxy groups -OCH3 is 2. The maximum Gasteiger partial charge on any atom is 0.162 e. The zero-order chi connectivity index (χ0) is 24.9. The lowest BCUT2D eigenvalue weighted by Gasteiger charge is -2.17. The average molecular weight is 496 g/mol. The van der Waals surface area contributed by atoms with Gasteiger partial charge in [0.1, 0.15) is 23.2 Å². The number of aryl methyl sites for hydroxylation is 1. The highest BCUT2D eigenvalue weighted by atomic mass is 32.1. The van der Waals surface area contributed by atoms with E-state index in [9.17, 15) is 4.39 Å². The molecular formula is C27H30FN3O3S. The van der Waals surface area contributed by atoms with Crippen molar-refractivity contribution >= 4 is 28.1 Å². The lowest BCUT2D eigenvalue weighted by Crippen LogP contribution is -2.08. The van der Waals surface area contributed by atoms with Crippen LogP contribution in [0.3, 0.4) is 0 Å². The fourth-order valence-corrected chi connectivity index (χ4v) is 4.93. The van der Waals surface area contributed by atoms with E-state index in [2.05, 4.69) is 29.1 Å². The van der Waals surface area contributed by atoms with Crippen LogP contribution in [-0.4, -0.2) is 30.8 Å². The van der Waals surface area contributed by atoms with E-state index in [1.54, 1.807) is 20.3 Å². The Morgan fingerprint density at radius 3 is 2.54 bits per heavy atom. The van der Waals surface area contributed by atoms with E-state index in [-0.39, 0.29) is 11.9 Å². The van der Waals surface area contributed by atoms with Gasteiger partial charge in [0.25, 0.3) is 0 Å². The van der Waals surface area contributed by atoms with E-state index < -0.39 is 0 Å². The zero-order valence-electron chi connectivity index (χ0n) is 20.6. The second-order valence-electron chi connectivity index (χ2n) is 8.23. The lowest BCUT2D eigenvalue weighted by molar-refractivity contribution is 0.309. The summed E-state index contributed by atoms with van der Waals surface area (Å²) in [5.41, 5.74) is 1.27. The molecular weight excluding hydrogens is 465 g/mol. The maximum atomic E-state index is 14.8. The molecule has 0 aliphatic carbocycles. The molecule has 1 unspecified atom stereocenters. The Hall–Kier alpha value is -3.39. The predicted octanol–water partition coefficient (Wildman–Crippen LogP) is 7.18. The number of aromatic nitrogens is 2. The van der Waals surface area contributed by atoms with E-state index >= 15 is 0 Å². The minimum absolute atomic E-state index is 0.0735. The SMILES string of the molecule is CCCCOc1cccc(F)c1-c1ccc(C(C)Nc2nc(C)nc3cc(OC)c(OC)cc23)s1. The molecule has 0 spiro atoms. The van der Waals surface area contributed by atoms with Gasteiger partial charge < -0.3 is 19.5 Å². The van der Waals surface area contributed by atoms with Crippen molar-refractivity contribution in [2.24, 2.45) is 0 Å². The number of nitrogens with one attached hydrogen (secondary N) is 1. The minimum Gasteiger partial charge on any atom is -0.493 e. The van der Waals surface area contributed by atoms with Crippen molar-refractivity contribution in [1.82, 2.24) is 9.97 Å². The van der Waals surface area contributed by atoms with Gasteiger partial charge in [0.2, 0.25) is 0 Å². The largest absolute Gasteiger partial charge is 0.493 e. The summed E-state index contributed by atoms with van der Waals surface area (Å²) in [4.78, 5) is 11.1. The molecule has 35 heavy (non-hydrogen) atoms. The summed E-state index contributed by atoms with van der Waals surface area (Å²) in [5.74, 6) is 2.85. The monoisotopic (exact) mass is 495 g/mol. The quantitative estimate of drug-likeness (QED) is 0.235. The third-order valence-electron chi connectivity index (χ3n) is 5.70. The smallest absolute Gasteiger partial charge is 0.162 e. The number of fused-ring (bicyclic) bond motifs is 1. The van der Waals surface area contributed by atoms with Crippen LogP contribution < -0.4 is 19.5 Å². The first kappa shape index (κ1) is 24.7. The summed E-state index contributed by atoms with van der Waals surface area (Å²) in [5, 5.41) is 4.34. The molecule has 0 bridgehead atoms. The summed E-state index contributed by atoms with van der Waals surface area (Å²) in [6.07, 6.45) is 1.95. The maximum absolute atomic E-state index is 14.8. The molecule has 2 aromatic carbocycles. The summed E-state index contributed by atoms with van der Waals surface area (Å²) in [6, 6.07) is 12.6. The second kappa shape index (κ2) is 10.9. The highest BCUT2D eigenvalue weighted by Crippen LogP contribution is 2.40. The molecule has 0 saturated heterocycles. The van der Waals surface area contributed by atoms with Crippen molar-refractivity contribution < 1.29 is 18.6 Å². The van der Waals surface area contributed by atoms with E-state index in [1.165, 1.54) is 17.4 Å². The number of nitrogens with zero attached hydrogens (tertiary/aromatic N) is 2. The van der Waals surface area contributed by atoms with Gasteiger partial charge in [-0.2, -0.15) is 0 Å². The Bertz CT molecular complexity index is 1320. The van der Waals surface area contributed by atoms with Crippen molar-refractivity contribution in [2.45, 2.75) is 39.7 Å². The van der Waals surface area contributed by atoms with Gasteiger partial charge in [0, 0.05) is 21.2 Å². The highest BCUT2D eigenvalue weighted by Gasteiger charge is 2.18. The molecule has 0 radical (unpaired) electrons. The zero-order valence-corrected chi connectivity index (χ0v) is 21.5. The number of ether oxygens (including phenoxy) is 3. The first-order valence-corrected chi connectivity index (χ1v) is 12.4. The topological polar surface area (TPSA) is 65.5 Å². The Balaban J connectivity index is 1.64. The fraction of sp³-hybridized carbons (Fsp3) is 0.333. The van der Waals surface area contributed by atoms with Gasteiger partial charge in [-0.05, 0) is 50.6 Å². The molecule has 4 rings (SSSR count). The molecule has 184 valence electrons. The number of halogens is 1. The number of thiophene rings is 1. The number of benzene rings is 2. The summed E-state index contributed by atoms with van der Waals surface area (Å²) < 4.78 is 31.6. The third kappa shape index (κ3) is 5.32. The number of hydrogen-bond acceptors (Lipinski definition) is 7. The number of hydrogen-bond donors (Lipinski definition) is 1. The summed E-state index contributed by atoms with van der Waals surface area (Å²) >= 11 is 1.53. The summed E-state index contributed by atoms with van der Waals surface area (Å²) in [7, 11) is 3.20. The molecule has 4 aromatic rings. The van der Waals surface area contributed by atoms with E-state index in [4.69, 9.17) is 14.2 Å². The van der Waals surface area contributed by atoms with E-state index in [0.29, 0.717) is 41.1 Å². The van der Waals surface area contributed by atoms with Crippen LogP contribution in [0.2, 0.25) is 0 Å². The van der Waals surface area contributed by atoms with Crippen LogP contribution in [0.5, 0.6) is 17.2 Å². The van der Waals surface area contributed by atoms with Crippen molar-refractivity contribution in [1.29, 1.82) is 0 Å².